The number of hydrogen-bond donors (Lipinski definition) is 0. The van der Waals surface area contributed by atoms with Crippen molar-refractivity contribution >= 4 is 31.7 Å². The summed E-state index contributed by atoms with van der Waals surface area (Å²) in [6.07, 6.45) is -3.25. The SMILES string of the molecule is O=Cc1cc(C(F)F)c([N+](=O)[O-])cc1S(=O)(=O)Cl. The molecule has 1 aromatic rings. The Morgan fingerprint density at radius 3 is 2.28 bits per heavy atom. The highest BCUT2D eigenvalue weighted by atomic mass is 35.7. The van der Waals surface area contributed by atoms with Crippen LogP contribution in [0.15, 0.2) is 17.0 Å². The van der Waals surface area contributed by atoms with Crippen molar-refractivity contribution in [2.75, 3.05) is 0 Å². The molecular weight excluding hydrogens is 296 g/mol. The van der Waals surface area contributed by atoms with Gasteiger partial charge in [-0.05, 0) is 6.07 Å². The average Bonchev–Trinajstić information content (AvgIpc) is 2.25. The molecule has 1 aromatic carbocycles. The van der Waals surface area contributed by atoms with Gasteiger partial charge in [-0.1, -0.05) is 0 Å². The topological polar surface area (TPSA) is 94.3 Å². The summed E-state index contributed by atoms with van der Waals surface area (Å²) in [5.41, 5.74) is -2.83. The van der Waals surface area contributed by atoms with E-state index < -0.39 is 42.1 Å². The molecule has 18 heavy (non-hydrogen) atoms. The highest BCUT2D eigenvalue weighted by Gasteiger charge is 2.28. The van der Waals surface area contributed by atoms with E-state index in [1.54, 1.807) is 0 Å². The van der Waals surface area contributed by atoms with Crippen molar-refractivity contribution in [1.82, 2.24) is 0 Å². The second-order valence-electron chi connectivity index (χ2n) is 3.06. The average molecular weight is 300 g/mol. The smallest absolute Gasteiger partial charge is 0.279 e. The van der Waals surface area contributed by atoms with Gasteiger partial charge in [-0.25, -0.2) is 17.2 Å². The van der Waals surface area contributed by atoms with Gasteiger partial charge in [0.05, 0.1) is 15.4 Å². The van der Waals surface area contributed by atoms with Crippen LogP contribution in [0, 0.1) is 10.1 Å². The second-order valence-corrected chi connectivity index (χ2v) is 5.60. The van der Waals surface area contributed by atoms with E-state index in [1.807, 2.05) is 0 Å². The lowest BCUT2D eigenvalue weighted by atomic mass is 10.1. The number of nitro groups is 1. The molecule has 1 rings (SSSR count). The van der Waals surface area contributed by atoms with Crippen LogP contribution in [-0.2, 0) is 9.05 Å². The van der Waals surface area contributed by atoms with Gasteiger partial charge in [-0.15, -0.1) is 0 Å². The van der Waals surface area contributed by atoms with Gasteiger partial charge in [0.2, 0.25) is 0 Å². The lowest BCUT2D eigenvalue weighted by Gasteiger charge is -2.06. The monoisotopic (exact) mass is 299 g/mol. The van der Waals surface area contributed by atoms with Crippen molar-refractivity contribution in [3.8, 4) is 0 Å². The second kappa shape index (κ2) is 4.94. The van der Waals surface area contributed by atoms with Gasteiger partial charge < -0.3 is 0 Å². The van der Waals surface area contributed by atoms with Crippen LogP contribution < -0.4 is 0 Å². The predicted octanol–water partition coefficient (Wildman–Crippen LogP) is 2.27. The maximum atomic E-state index is 12.5. The third kappa shape index (κ3) is 2.79. The molecule has 0 aliphatic rings. The van der Waals surface area contributed by atoms with Crippen LogP contribution in [0.1, 0.15) is 22.3 Å². The van der Waals surface area contributed by atoms with E-state index >= 15 is 0 Å². The van der Waals surface area contributed by atoms with E-state index in [4.69, 9.17) is 10.7 Å². The van der Waals surface area contributed by atoms with Gasteiger partial charge in [0, 0.05) is 22.3 Å². The molecule has 6 nitrogen and oxygen atoms in total. The zero-order valence-electron chi connectivity index (χ0n) is 8.34. The number of carbonyl (C=O) groups is 1. The number of hydrogen-bond acceptors (Lipinski definition) is 5. The molecule has 0 heterocycles. The third-order valence-corrected chi connectivity index (χ3v) is 3.36. The minimum Gasteiger partial charge on any atom is -0.298 e. The Bertz CT molecular complexity index is 616. The Morgan fingerprint density at radius 2 is 1.94 bits per heavy atom. The Hall–Kier alpha value is -1.61. The van der Waals surface area contributed by atoms with Crippen molar-refractivity contribution in [3.05, 3.63) is 33.4 Å². The Balaban J connectivity index is 3.73. The van der Waals surface area contributed by atoms with Gasteiger partial charge >= 0.3 is 0 Å². The maximum Gasteiger partial charge on any atom is 0.279 e. The number of carbonyl (C=O) groups excluding carboxylic acids is 1. The summed E-state index contributed by atoms with van der Waals surface area (Å²) >= 11 is 0. The summed E-state index contributed by atoms with van der Waals surface area (Å²) in [6, 6.07) is 0.776. The van der Waals surface area contributed by atoms with Crippen molar-refractivity contribution in [2.45, 2.75) is 11.3 Å². The minimum absolute atomic E-state index is 0.0229. The Labute approximate surface area is 104 Å². The fourth-order valence-corrected chi connectivity index (χ4v) is 2.28. The molecule has 0 atom stereocenters. The number of benzene rings is 1. The van der Waals surface area contributed by atoms with Crippen LogP contribution in [0.5, 0.6) is 0 Å². The van der Waals surface area contributed by atoms with Crippen LogP contribution in [-0.4, -0.2) is 19.6 Å². The molecule has 0 saturated heterocycles. The number of nitrogens with zero attached hydrogens (tertiary/aromatic N) is 1. The zero-order chi connectivity index (χ0) is 14.1. The van der Waals surface area contributed by atoms with Gasteiger partial charge in [0.25, 0.3) is 21.2 Å². The molecule has 0 saturated carbocycles. The normalized spacial score (nSPS) is 11.6. The number of alkyl halides is 2. The summed E-state index contributed by atoms with van der Waals surface area (Å²) < 4.78 is 47.2. The predicted molar refractivity (Wildman–Crippen MR) is 56.5 cm³/mol. The van der Waals surface area contributed by atoms with Gasteiger partial charge in [0.1, 0.15) is 0 Å². The van der Waals surface area contributed by atoms with Crippen LogP contribution in [0.4, 0.5) is 14.5 Å². The standard InChI is InChI=1S/C8H4ClF2NO5S/c9-18(16,17)7-2-6(12(14)15)5(8(10)11)1-4(7)3-13/h1-3,8H. The maximum absolute atomic E-state index is 12.5. The summed E-state index contributed by atoms with van der Waals surface area (Å²) in [6.45, 7) is 0. The highest BCUT2D eigenvalue weighted by molar-refractivity contribution is 8.13. The van der Waals surface area contributed by atoms with E-state index in [2.05, 4.69) is 0 Å². The lowest BCUT2D eigenvalue weighted by Crippen LogP contribution is -2.03. The van der Waals surface area contributed by atoms with Crippen LogP contribution >= 0.6 is 10.7 Å². The molecule has 10 heteroatoms. The van der Waals surface area contributed by atoms with Crippen LogP contribution in [0.3, 0.4) is 0 Å². The minimum atomic E-state index is -4.45. The third-order valence-electron chi connectivity index (χ3n) is 1.98. The number of nitro benzene ring substituents is 1. The van der Waals surface area contributed by atoms with Gasteiger partial charge in [-0.3, -0.25) is 14.9 Å². The van der Waals surface area contributed by atoms with Crippen molar-refractivity contribution in [3.63, 3.8) is 0 Å². The first-order valence-corrected chi connectivity index (χ1v) is 6.49. The fourth-order valence-electron chi connectivity index (χ4n) is 1.24. The molecule has 0 bridgehead atoms. The van der Waals surface area contributed by atoms with E-state index in [9.17, 15) is 32.1 Å². The first kappa shape index (κ1) is 14.5. The molecule has 0 aliphatic carbocycles. The number of halogens is 3. The van der Waals surface area contributed by atoms with Gasteiger partial charge in [-0.2, -0.15) is 0 Å². The molecule has 0 unspecified atom stereocenters. The Morgan fingerprint density at radius 1 is 1.39 bits per heavy atom. The van der Waals surface area contributed by atoms with E-state index in [0.29, 0.717) is 12.1 Å². The molecule has 0 N–H and O–H groups in total. The first-order chi connectivity index (χ1) is 8.18. The summed E-state index contributed by atoms with van der Waals surface area (Å²) in [5, 5.41) is 10.6. The molecule has 0 spiro atoms. The zero-order valence-corrected chi connectivity index (χ0v) is 9.91. The van der Waals surface area contributed by atoms with Crippen LogP contribution in [0.25, 0.3) is 0 Å². The molecule has 0 fully saturated rings. The largest absolute Gasteiger partial charge is 0.298 e. The van der Waals surface area contributed by atoms with Crippen LogP contribution in [0.2, 0.25) is 0 Å². The van der Waals surface area contributed by atoms with E-state index in [-0.39, 0.29) is 6.29 Å². The molecule has 0 amide bonds. The highest BCUT2D eigenvalue weighted by Crippen LogP contribution is 2.33. The molecule has 0 aromatic heterocycles. The summed E-state index contributed by atoms with van der Waals surface area (Å²) in [4.78, 5) is 19.1. The molecule has 0 aliphatic heterocycles. The fraction of sp³-hybridized carbons (Fsp3) is 0.125. The summed E-state index contributed by atoms with van der Waals surface area (Å²) in [7, 11) is 0.502. The van der Waals surface area contributed by atoms with E-state index in [0.717, 1.165) is 0 Å². The van der Waals surface area contributed by atoms with Crippen molar-refractivity contribution in [1.29, 1.82) is 0 Å². The summed E-state index contributed by atoms with van der Waals surface area (Å²) in [5.74, 6) is 0. The van der Waals surface area contributed by atoms with Crippen molar-refractivity contribution < 1.29 is 26.9 Å². The van der Waals surface area contributed by atoms with Crippen molar-refractivity contribution in [2.24, 2.45) is 0 Å². The first-order valence-electron chi connectivity index (χ1n) is 4.18. The van der Waals surface area contributed by atoms with E-state index in [1.165, 1.54) is 0 Å². The molecule has 98 valence electrons. The Kier molecular flexibility index (Phi) is 3.97. The molecular formula is C8H4ClF2NO5S. The number of rotatable bonds is 4. The number of aldehydes is 1. The molecule has 0 radical (unpaired) electrons. The van der Waals surface area contributed by atoms with Gasteiger partial charge in [0.15, 0.2) is 6.29 Å². The lowest BCUT2D eigenvalue weighted by molar-refractivity contribution is -0.386. The quantitative estimate of drug-likeness (QED) is 0.368.